The second kappa shape index (κ2) is 8.39. The fourth-order valence-corrected chi connectivity index (χ4v) is 3.24. The summed E-state index contributed by atoms with van der Waals surface area (Å²) in [7, 11) is 1.65. The van der Waals surface area contributed by atoms with E-state index in [1.807, 2.05) is 42.6 Å². The number of hydrogen-bond acceptors (Lipinski definition) is 5. The van der Waals surface area contributed by atoms with Crippen molar-refractivity contribution in [3.8, 4) is 5.75 Å². The van der Waals surface area contributed by atoms with Gasteiger partial charge in [-0.15, -0.1) is 11.3 Å². The Kier molecular flexibility index (Phi) is 5.74. The van der Waals surface area contributed by atoms with Gasteiger partial charge in [0.05, 0.1) is 7.11 Å². The van der Waals surface area contributed by atoms with Crippen molar-refractivity contribution >= 4 is 22.4 Å². The first-order valence-electron chi connectivity index (χ1n) is 7.99. The molecule has 0 aliphatic carbocycles. The monoisotopic (exact) mass is 353 g/mol. The number of hydrogen-bond donors (Lipinski definition) is 1. The maximum atomic E-state index is 12.0. The number of methoxy groups -OCH3 is 1. The summed E-state index contributed by atoms with van der Waals surface area (Å²) in [5.41, 5.74) is 2.28. The van der Waals surface area contributed by atoms with Crippen molar-refractivity contribution in [2.45, 2.75) is 19.3 Å². The van der Waals surface area contributed by atoms with Crippen LogP contribution in [0.3, 0.4) is 0 Å². The molecule has 3 rings (SSSR count). The molecule has 3 aromatic rings. The van der Waals surface area contributed by atoms with Gasteiger partial charge < -0.3 is 10.1 Å². The second-order valence-electron chi connectivity index (χ2n) is 5.56. The molecule has 0 unspecified atom stereocenters. The summed E-state index contributed by atoms with van der Waals surface area (Å²) in [5, 5.41) is 3.51. The van der Waals surface area contributed by atoms with Crippen LogP contribution in [0.4, 0.5) is 5.13 Å². The zero-order valence-electron chi connectivity index (χ0n) is 13.9. The molecule has 0 aliphatic heterocycles. The Hall–Kier alpha value is -2.73. The van der Waals surface area contributed by atoms with E-state index in [-0.39, 0.29) is 5.91 Å². The number of thiazole rings is 1. The largest absolute Gasteiger partial charge is 0.497 e. The molecule has 2 aromatic heterocycles. The first-order valence-corrected chi connectivity index (χ1v) is 8.81. The Morgan fingerprint density at radius 2 is 1.88 bits per heavy atom. The Morgan fingerprint density at radius 1 is 1.12 bits per heavy atom. The highest BCUT2D eigenvalue weighted by atomic mass is 32.1. The van der Waals surface area contributed by atoms with Crippen molar-refractivity contribution in [2.24, 2.45) is 0 Å². The van der Waals surface area contributed by atoms with E-state index < -0.39 is 0 Å². The third kappa shape index (κ3) is 5.12. The van der Waals surface area contributed by atoms with Crippen molar-refractivity contribution in [1.82, 2.24) is 9.97 Å². The molecule has 0 radical (unpaired) electrons. The van der Waals surface area contributed by atoms with Gasteiger partial charge in [-0.25, -0.2) is 4.98 Å². The Bertz CT molecular complexity index is 816. The van der Waals surface area contributed by atoms with Crippen LogP contribution in [0, 0.1) is 0 Å². The molecule has 0 aliphatic rings. The molecule has 0 saturated heterocycles. The van der Waals surface area contributed by atoms with E-state index in [0.717, 1.165) is 22.6 Å². The predicted octanol–water partition coefficient (Wildman–Crippen LogP) is 3.71. The summed E-state index contributed by atoms with van der Waals surface area (Å²) in [6.07, 6.45) is 7.19. The maximum absolute atomic E-state index is 12.0. The van der Waals surface area contributed by atoms with E-state index >= 15 is 0 Å². The number of anilines is 1. The number of carbonyl (C=O) groups is 1. The van der Waals surface area contributed by atoms with Crippen LogP contribution in [0.2, 0.25) is 0 Å². The van der Waals surface area contributed by atoms with Gasteiger partial charge in [-0.3, -0.25) is 9.78 Å². The number of rotatable bonds is 7. The minimum Gasteiger partial charge on any atom is -0.497 e. The molecule has 2 heterocycles. The van der Waals surface area contributed by atoms with E-state index in [1.54, 1.807) is 19.5 Å². The smallest absolute Gasteiger partial charge is 0.226 e. The zero-order chi connectivity index (χ0) is 17.5. The molecule has 0 spiro atoms. The first kappa shape index (κ1) is 17.1. The van der Waals surface area contributed by atoms with Crippen LogP contribution in [-0.4, -0.2) is 23.0 Å². The number of nitrogens with one attached hydrogen (secondary N) is 1. The predicted molar refractivity (Wildman–Crippen MR) is 99.1 cm³/mol. The van der Waals surface area contributed by atoms with Crippen LogP contribution in [0.1, 0.15) is 22.4 Å². The van der Waals surface area contributed by atoms with Crippen LogP contribution in [0.5, 0.6) is 5.75 Å². The molecular weight excluding hydrogens is 334 g/mol. The fraction of sp³-hybridized carbons (Fsp3) is 0.211. The lowest BCUT2D eigenvalue weighted by molar-refractivity contribution is -0.116. The third-order valence-electron chi connectivity index (χ3n) is 3.73. The van der Waals surface area contributed by atoms with Gasteiger partial charge in [0.1, 0.15) is 5.75 Å². The summed E-state index contributed by atoms with van der Waals surface area (Å²) in [5.74, 6) is 0.817. The van der Waals surface area contributed by atoms with E-state index in [0.29, 0.717) is 18.0 Å². The van der Waals surface area contributed by atoms with E-state index in [9.17, 15) is 4.79 Å². The van der Waals surface area contributed by atoms with Crippen molar-refractivity contribution in [1.29, 1.82) is 0 Å². The first-order chi connectivity index (χ1) is 12.2. The summed E-state index contributed by atoms with van der Waals surface area (Å²) in [6, 6.07) is 11.8. The van der Waals surface area contributed by atoms with Crippen LogP contribution >= 0.6 is 11.3 Å². The Balaban J connectivity index is 1.51. The highest BCUT2D eigenvalue weighted by molar-refractivity contribution is 7.15. The van der Waals surface area contributed by atoms with Gasteiger partial charge in [0.15, 0.2) is 5.13 Å². The van der Waals surface area contributed by atoms with Gasteiger partial charge in [-0.2, -0.15) is 0 Å². The molecule has 1 aromatic carbocycles. The summed E-state index contributed by atoms with van der Waals surface area (Å²) < 4.78 is 5.16. The van der Waals surface area contributed by atoms with Crippen molar-refractivity contribution in [3.05, 3.63) is 71.0 Å². The lowest BCUT2D eigenvalue weighted by Crippen LogP contribution is -2.11. The van der Waals surface area contributed by atoms with Crippen molar-refractivity contribution in [2.75, 3.05) is 12.4 Å². The van der Waals surface area contributed by atoms with Crippen molar-refractivity contribution in [3.63, 3.8) is 0 Å². The molecule has 128 valence electrons. The van der Waals surface area contributed by atoms with Crippen LogP contribution < -0.4 is 10.1 Å². The zero-order valence-corrected chi connectivity index (χ0v) is 14.8. The van der Waals surface area contributed by atoms with Gasteiger partial charge in [0.25, 0.3) is 0 Å². The minimum absolute atomic E-state index is 0.0258. The molecule has 5 nitrogen and oxygen atoms in total. The molecule has 0 bridgehead atoms. The highest BCUT2D eigenvalue weighted by Crippen LogP contribution is 2.22. The van der Waals surface area contributed by atoms with Gasteiger partial charge in [0, 0.05) is 36.3 Å². The topological polar surface area (TPSA) is 64.1 Å². The maximum Gasteiger partial charge on any atom is 0.226 e. The number of ether oxygens (including phenoxy) is 1. The molecule has 0 saturated carbocycles. The molecule has 25 heavy (non-hydrogen) atoms. The molecular formula is C19H19N3O2S. The molecule has 1 amide bonds. The number of amides is 1. The average molecular weight is 353 g/mol. The van der Waals surface area contributed by atoms with E-state index in [2.05, 4.69) is 15.3 Å². The molecule has 0 atom stereocenters. The number of pyridine rings is 1. The molecule has 6 heteroatoms. The van der Waals surface area contributed by atoms with Crippen molar-refractivity contribution < 1.29 is 9.53 Å². The third-order valence-corrected chi connectivity index (χ3v) is 4.64. The minimum atomic E-state index is -0.0258. The lowest BCUT2D eigenvalue weighted by atomic mass is 10.1. The van der Waals surface area contributed by atoms with Crippen LogP contribution in [0.25, 0.3) is 0 Å². The second-order valence-corrected chi connectivity index (χ2v) is 6.68. The highest BCUT2D eigenvalue weighted by Gasteiger charge is 2.08. The SMILES string of the molecule is COc1ccc(Cc2cnc(NC(=O)CCc3ccncc3)s2)cc1. The summed E-state index contributed by atoms with van der Waals surface area (Å²) in [6.45, 7) is 0. The number of nitrogens with zero attached hydrogens (tertiary/aromatic N) is 2. The standard InChI is InChI=1S/C19H19N3O2S/c1-24-16-5-2-15(3-6-16)12-17-13-21-19(25-17)22-18(23)7-4-14-8-10-20-11-9-14/h2-3,5-6,8-11,13H,4,7,12H2,1H3,(H,21,22,23). The van der Waals surface area contributed by atoms with Gasteiger partial charge in [-0.1, -0.05) is 12.1 Å². The summed E-state index contributed by atoms with van der Waals surface area (Å²) in [4.78, 5) is 21.4. The average Bonchev–Trinajstić information content (AvgIpc) is 3.08. The van der Waals surface area contributed by atoms with Gasteiger partial charge in [0.2, 0.25) is 5.91 Å². The number of benzene rings is 1. The summed E-state index contributed by atoms with van der Waals surface area (Å²) >= 11 is 1.50. The molecule has 1 N–H and O–H groups in total. The molecule has 0 fully saturated rings. The van der Waals surface area contributed by atoms with E-state index in [1.165, 1.54) is 16.9 Å². The van der Waals surface area contributed by atoms with E-state index in [4.69, 9.17) is 4.74 Å². The van der Waals surface area contributed by atoms with Gasteiger partial charge in [-0.05, 0) is 41.8 Å². The van der Waals surface area contributed by atoms with Crippen LogP contribution in [0.15, 0.2) is 55.0 Å². The van der Waals surface area contributed by atoms with Gasteiger partial charge >= 0.3 is 0 Å². The number of aromatic nitrogens is 2. The number of carbonyl (C=O) groups excluding carboxylic acids is 1. The Labute approximate surface area is 150 Å². The number of aryl methyl sites for hydroxylation is 1. The normalized spacial score (nSPS) is 10.4. The van der Waals surface area contributed by atoms with Crippen LogP contribution in [-0.2, 0) is 17.6 Å². The fourth-order valence-electron chi connectivity index (χ4n) is 2.38. The quantitative estimate of drug-likeness (QED) is 0.703. The lowest BCUT2D eigenvalue weighted by Gasteiger charge is -2.02. The Morgan fingerprint density at radius 3 is 2.60 bits per heavy atom.